The zero-order valence-corrected chi connectivity index (χ0v) is 16.0. The molecule has 7 nitrogen and oxygen atoms in total. The van der Waals surface area contributed by atoms with Crippen LogP contribution in [0.5, 0.6) is 0 Å². The highest BCUT2D eigenvalue weighted by molar-refractivity contribution is 6.04. The third-order valence-corrected chi connectivity index (χ3v) is 4.70. The molecule has 7 heteroatoms. The van der Waals surface area contributed by atoms with Gasteiger partial charge in [-0.05, 0) is 38.6 Å². The summed E-state index contributed by atoms with van der Waals surface area (Å²) >= 11 is 0. The summed E-state index contributed by atoms with van der Waals surface area (Å²) < 4.78 is 0. The molecule has 2 heterocycles. The lowest BCUT2D eigenvalue weighted by Crippen LogP contribution is -2.47. The Balaban J connectivity index is 1.76. The van der Waals surface area contributed by atoms with Crippen molar-refractivity contribution in [3.8, 4) is 0 Å². The van der Waals surface area contributed by atoms with Gasteiger partial charge in [0.1, 0.15) is 5.69 Å². The Hall–Kier alpha value is -2.80. The molecule has 1 aliphatic rings. The number of amides is 1. The minimum absolute atomic E-state index is 0.0440. The Morgan fingerprint density at radius 1 is 1.11 bits per heavy atom. The van der Waals surface area contributed by atoms with E-state index in [2.05, 4.69) is 32.0 Å². The van der Waals surface area contributed by atoms with E-state index in [4.69, 9.17) is 0 Å². The molecule has 0 unspecified atom stereocenters. The number of hydrogen-bond donors (Lipinski definition) is 1. The molecule has 1 amide bonds. The predicted molar refractivity (Wildman–Crippen MR) is 105 cm³/mol. The average molecular weight is 367 g/mol. The molecule has 2 aromatic rings. The lowest BCUT2D eigenvalue weighted by molar-refractivity contribution is 0.100. The van der Waals surface area contributed by atoms with Gasteiger partial charge in [-0.15, -0.1) is 0 Å². The number of rotatable bonds is 5. The van der Waals surface area contributed by atoms with Crippen LogP contribution in [0.2, 0.25) is 0 Å². The third-order valence-electron chi connectivity index (χ3n) is 4.70. The molecule has 0 saturated carbocycles. The summed E-state index contributed by atoms with van der Waals surface area (Å²) in [7, 11) is 0. The Morgan fingerprint density at radius 2 is 1.85 bits per heavy atom. The maximum absolute atomic E-state index is 12.7. The van der Waals surface area contributed by atoms with Gasteiger partial charge in [-0.3, -0.25) is 9.59 Å². The molecule has 1 aliphatic heterocycles. The molecule has 1 saturated heterocycles. The summed E-state index contributed by atoms with van der Waals surface area (Å²) in [5.74, 6) is 0.237. The number of Topliss-reactive ketones (excluding diaryl/α,β-unsaturated/α-hetero) is 1. The Morgan fingerprint density at radius 3 is 2.52 bits per heavy atom. The molecular weight excluding hydrogens is 342 g/mol. The zero-order valence-electron chi connectivity index (χ0n) is 16.0. The number of carbonyl (C=O) groups is 2. The van der Waals surface area contributed by atoms with Gasteiger partial charge in [0.15, 0.2) is 5.78 Å². The summed E-state index contributed by atoms with van der Waals surface area (Å²) in [6.07, 6.45) is 0. The van der Waals surface area contributed by atoms with E-state index in [1.165, 1.54) is 6.92 Å². The minimum atomic E-state index is -0.311. The lowest BCUT2D eigenvalue weighted by atomic mass is 10.1. The van der Waals surface area contributed by atoms with Crippen molar-refractivity contribution in [3.05, 3.63) is 47.3 Å². The molecule has 1 fully saturated rings. The number of aromatic nitrogens is 2. The largest absolute Gasteiger partial charge is 0.338 e. The van der Waals surface area contributed by atoms with Crippen molar-refractivity contribution < 1.29 is 9.59 Å². The normalized spacial score (nSPS) is 14.9. The van der Waals surface area contributed by atoms with Crippen LogP contribution in [0.3, 0.4) is 0 Å². The molecule has 0 bridgehead atoms. The third kappa shape index (κ3) is 4.68. The van der Waals surface area contributed by atoms with Crippen LogP contribution in [0, 0.1) is 6.92 Å². The van der Waals surface area contributed by atoms with Gasteiger partial charge < -0.3 is 15.1 Å². The molecule has 1 aromatic carbocycles. The number of nitrogens with one attached hydrogen (secondary N) is 1. The van der Waals surface area contributed by atoms with Gasteiger partial charge >= 0.3 is 0 Å². The summed E-state index contributed by atoms with van der Waals surface area (Å²) in [5.41, 5.74) is 2.20. The highest BCUT2D eigenvalue weighted by Crippen LogP contribution is 2.16. The highest BCUT2D eigenvalue weighted by atomic mass is 16.2. The van der Waals surface area contributed by atoms with Crippen molar-refractivity contribution in [1.82, 2.24) is 14.9 Å². The van der Waals surface area contributed by atoms with Gasteiger partial charge in [0.05, 0.1) is 0 Å². The molecule has 3 rings (SSSR count). The first kappa shape index (κ1) is 19.0. The van der Waals surface area contributed by atoms with Crippen LogP contribution < -0.4 is 10.2 Å². The summed E-state index contributed by atoms with van der Waals surface area (Å²) in [5, 5.41) is 2.82. The highest BCUT2D eigenvalue weighted by Gasteiger charge is 2.20. The number of hydrogen-bond acceptors (Lipinski definition) is 6. The number of carbonyl (C=O) groups excluding carboxylic acids is 2. The van der Waals surface area contributed by atoms with Crippen LogP contribution in [0.15, 0.2) is 30.3 Å². The van der Waals surface area contributed by atoms with Gasteiger partial charge in [0.2, 0.25) is 5.95 Å². The smallest absolute Gasteiger partial charge is 0.274 e. The second kappa shape index (κ2) is 8.26. The van der Waals surface area contributed by atoms with Crippen LogP contribution >= 0.6 is 0 Å². The Labute approximate surface area is 159 Å². The topological polar surface area (TPSA) is 78.4 Å². The Bertz CT molecular complexity index is 844. The Kier molecular flexibility index (Phi) is 5.81. The van der Waals surface area contributed by atoms with Crippen LogP contribution in [0.4, 0.5) is 11.6 Å². The summed E-state index contributed by atoms with van der Waals surface area (Å²) in [6.45, 7) is 10.2. The van der Waals surface area contributed by atoms with Crippen molar-refractivity contribution >= 4 is 23.3 Å². The first-order valence-electron chi connectivity index (χ1n) is 9.21. The van der Waals surface area contributed by atoms with Crippen LogP contribution in [-0.4, -0.2) is 59.3 Å². The van der Waals surface area contributed by atoms with Crippen molar-refractivity contribution in [1.29, 1.82) is 0 Å². The number of benzene rings is 1. The fourth-order valence-electron chi connectivity index (χ4n) is 3.09. The van der Waals surface area contributed by atoms with E-state index >= 15 is 0 Å². The van der Waals surface area contributed by atoms with E-state index in [1.54, 1.807) is 30.3 Å². The second-order valence-corrected chi connectivity index (χ2v) is 6.71. The van der Waals surface area contributed by atoms with Crippen LogP contribution in [0.1, 0.15) is 40.4 Å². The molecule has 0 aliphatic carbocycles. The molecule has 27 heavy (non-hydrogen) atoms. The molecule has 0 radical (unpaired) electrons. The first-order valence-corrected chi connectivity index (χ1v) is 9.21. The molecule has 1 N–H and O–H groups in total. The maximum Gasteiger partial charge on any atom is 0.274 e. The quantitative estimate of drug-likeness (QED) is 0.818. The maximum atomic E-state index is 12.7. The van der Waals surface area contributed by atoms with E-state index in [9.17, 15) is 9.59 Å². The van der Waals surface area contributed by atoms with Crippen molar-refractivity contribution in [2.24, 2.45) is 0 Å². The second-order valence-electron chi connectivity index (χ2n) is 6.71. The van der Waals surface area contributed by atoms with Crippen LogP contribution in [0.25, 0.3) is 0 Å². The molecule has 1 aromatic heterocycles. The summed E-state index contributed by atoms with van der Waals surface area (Å²) in [4.78, 5) is 37.7. The van der Waals surface area contributed by atoms with Gasteiger partial charge in [0.25, 0.3) is 5.91 Å². The van der Waals surface area contributed by atoms with Crippen molar-refractivity contribution in [3.63, 3.8) is 0 Å². The van der Waals surface area contributed by atoms with E-state index < -0.39 is 0 Å². The van der Waals surface area contributed by atoms with E-state index in [-0.39, 0.29) is 11.7 Å². The number of likely N-dealkylation sites (N-methyl/N-ethyl adjacent to an activating group) is 1. The molecular formula is C20H25N5O2. The lowest BCUT2D eigenvalue weighted by Gasteiger charge is -2.34. The molecule has 0 atom stereocenters. The predicted octanol–water partition coefficient (Wildman–Crippen LogP) is 2.38. The van der Waals surface area contributed by atoms with E-state index in [0.717, 1.165) is 38.4 Å². The number of piperazine rings is 1. The monoisotopic (exact) mass is 367 g/mol. The number of nitrogens with zero attached hydrogens (tertiary/aromatic N) is 4. The van der Waals surface area contributed by atoms with Gasteiger partial charge in [0, 0.05) is 43.1 Å². The van der Waals surface area contributed by atoms with Gasteiger partial charge in [-0.1, -0.05) is 19.1 Å². The molecule has 142 valence electrons. The standard InChI is InChI=1S/C20H25N5O2/c1-4-24-8-10-25(11-9-24)20-21-14(2)12-18(23-20)19(27)22-17-7-5-6-16(13-17)15(3)26/h5-7,12-13H,4,8-11H2,1-3H3,(H,22,27). The minimum Gasteiger partial charge on any atom is -0.338 e. The average Bonchev–Trinajstić information content (AvgIpc) is 2.67. The number of anilines is 2. The molecule has 0 spiro atoms. The first-order chi connectivity index (χ1) is 13.0. The van der Waals surface area contributed by atoms with Crippen LogP contribution in [-0.2, 0) is 0 Å². The zero-order chi connectivity index (χ0) is 19.4. The van der Waals surface area contributed by atoms with E-state index in [0.29, 0.717) is 22.9 Å². The van der Waals surface area contributed by atoms with E-state index in [1.807, 2.05) is 6.92 Å². The van der Waals surface area contributed by atoms with Gasteiger partial charge in [-0.25, -0.2) is 9.97 Å². The summed E-state index contributed by atoms with van der Waals surface area (Å²) in [6, 6.07) is 8.56. The van der Waals surface area contributed by atoms with Crippen molar-refractivity contribution in [2.45, 2.75) is 20.8 Å². The van der Waals surface area contributed by atoms with Gasteiger partial charge in [-0.2, -0.15) is 0 Å². The SMILES string of the molecule is CCN1CCN(c2nc(C)cc(C(=O)Nc3cccc(C(C)=O)c3)n2)CC1. The number of ketones is 1. The number of aryl methyl sites for hydroxylation is 1. The fourth-order valence-corrected chi connectivity index (χ4v) is 3.09. The van der Waals surface area contributed by atoms with Crippen molar-refractivity contribution in [2.75, 3.05) is 42.9 Å². The fraction of sp³-hybridized carbons (Fsp3) is 0.400.